The van der Waals surface area contributed by atoms with E-state index in [9.17, 15) is 9.90 Å². The van der Waals surface area contributed by atoms with Gasteiger partial charge in [0, 0.05) is 60.1 Å². The van der Waals surface area contributed by atoms with Gasteiger partial charge in [0.25, 0.3) is 5.91 Å². The molecule has 0 aliphatic carbocycles. The molecule has 0 bridgehead atoms. The number of nitrogens with one attached hydrogen (secondary N) is 4. The fraction of sp³-hybridized carbons (Fsp3) is 0.290. The molecule has 11 heteroatoms. The molecular weight excluding hydrogens is 552 g/mol. The van der Waals surface area contributed by atoms with Gasteiger partial charge in [-0.05, 0) is 63.2 Å². The minimum atomic E-state index is -0.869. The van der Waals surface area contributed by atoms with Crippen LogP contribution in [-0.2, 0) is 13.1 Å². The molecule has 0 fully saturated rings. The summed E-state index contributed by atoms with van der Waals surface area (Å²) < 4.78 is 1.65. The number of halogens is 1. The van der Waals surface area contributed by atoms with Gasteiger partial charge in [-0.25, -0.2) is 9.97 Å². The molecule has 5 N–H and O–H groups in total. The van der Waals surface area contributed by atoms with Crippen molar-refractivity contribution >= 4 is 34.8 Å². The number of hydrogen-bond donors (Lipinski definition) is 5. The van der Waals surface area contributed by atoms with E-state index in [0.29, 0.717) is 46.6 Å². The summed E-state index contributed by atoms with van der Waals surface area (Å²) in [5.41, 5.74) is 4.20. The predicted molar refractivity (Wildman–Crippen MR) is 166 cm³/mol. The Hall–Kier alpha value is -4.27. The van der Waals surface area contributed by atoms with Gasteiger partial charge in [-0.2, -0.15) is 5.10 Å². The number of benzene rings is 2. The molecule has 0 unspecified atom stereocenters. The van der Waals surface area contributed by atoms with Crippen LogP contribution in [0.5, 0.6) is 0 Å². The summed E-state index contributed by atoms with van der Waals surface area (Å²) in [5, 5.41) is 27.2. The van der Waals surface area contributed by atoms with Gasteiger partial charge in [-0.3, -0.25) is 9.48 Å². The first-order chi connectivity index (χ1) is 20.1. The molecule has 0 radical (unpaired) electrons. The van der Waals surface area contributed by atoms with E-state index in [2.05, 4.69) is 48.2 Å². The van der Waals surface area contributed by atoms with Gasteiger partial charge in [-0.15, -0.1) is 0 Å². The fourth-order valence-electron chi connectivity index (χ4n) is 3.94. The lowest BCUT2D eigenvalue weighted by atomic mass is 10.0. The second-order valence-electron chi connectivity index (χ2n) is 10.5. The third-order valence-corrected chi connectivity index (χ3v) is 6.46. The number of aromatic nitrogens is 4. The van der Waals surface area contributed by atoms with Crippen LogP contribution in [0.3, 0.4) is 0 Å². The first-order valence-corrected chi connectivity index (χ1v) is 13.9. The van der Waals surface area contributed by atoms with E-state index in [1.807, 2.05) is 32.2 Å². The van der Waals surface area contributed by atoms with E-state index in [-0.39, 0.29) is 5.91 Å². The molecule has 0 saturated heterocycles. The van der Waals surface area contributed by atoms with Crippen molar-refractivity contribution in [2.24, 2.45) is 0 Å². The van der Waals surface area contributed by atoms with Crippen molar-refractivity contribution in [2.75, 3.05) is 30.8 Å². The van der Waals surface area contributed by atoms with Crippen molar-refractivity contribution < 1.29 is 9.90 Å². The SMILES string of the molecule is CNCCNCc1ccc(NC(=O)c2ccc(C)c(C#Cc3cnc(Nc4cnn(CC(C)(C)O)c4)nc3)c2)cc1Cl. The van der Waals surface area contributed by atoms with Crippen molar-refractivity contribution in [3.05, 3.63) is 94.0 Å². The molecule has 2 heterocycles. The number of amides is 1. The lowest BCUT2D eigenvalue weighted by molar-refractivity contribution is 0.0577. The Kier molecular flexibility index (Phi) is 10.3. The minimum Gasteiger partial charge on any atom is -0.389 e. The van der Waals surface area contributed by atoms with Gasteiger partial charge in [0.2, 0.25) is 5.95 Å². The van der Waals surface area contributed by atoms with Crippen LogP contribution in [0.15, 0.2) is 61.2 Å². The standard InChI is InChI=1S/C31H35ClN8O2/c1-21-5-7-24(29(41)38-26-10-9-25(28(32)14-26)17-34-12-11-33-4)13-23(21)8-6-22-15-35-30(36-16-22)39-27-18-37-40(19-27)20-31(2,3)42/h5,7,9-10,13-16,18-19,33-34,42H,11-12,17,20H2,1-4H3,(H,38,41)(H,35,36,39). The second kappa shape index (κ2) is 14.1. The Morgan fingerprint density at radius 1 is 1.05 bits per heavy atom. The number of rotatable bonds is 11. The molecule has 0 spiro atoms. The quantitative estimate of drug-likeness (QED) is 0.131. The molecule has 42 heavy (non-hydrogen) atoms. The van der Waals surface area contributed by atoms with Crippen LogP contribution in [0.1, 0.15) is 46.5 Å². The van der Waals surface area contributed by atoms with Crippen LogP contribution >= 0.6 is 11.6 Å². The lowest BCUT2D eigenvalue weighted by Gasteiger charge is -2.16. The van der Waals surface area contributed by atoms with Crippen LogP contribution in [0.4, 0.5) is 17.3 Å². The van der Waals surface area contributed by atoms with Crippen LogP contribution < -0.4 is 21.3 Å². The van der Waals surface area contributed by atoms with Crippen molar-refractivity contribution in [1.29, 1.82) is 0 Å². The zero-order chi connectivity index (χ0) is 30.1. The van der Waals surface area contributed by atoms with Crippen molar-refractivity contribution in [2.45, 2.75) is 39.5 Å². The van der Waals surface area contributed by atoms with Gasteiger partial charge >= 0.3 is 0 Å². The number of aryl methyl sites for hydroxylation is 1. The van der Waals surface area contributed by atoms with E-state index in [0.717, 1.165) is 29.8 Å². The topological polar surface area (TPSA) is 129 Å². The number of likely N-dealkylation sites (N-methyl/N-ethyl adjacent to an activating group) is 1. The lowest BCUT2D eigenvalue weighted by Crippen LogP contribution is -2.26. The summed E-state index contributed by atoms with van der Waals surface area (Å²) >= 11 is 6.44. The highest BCUT2D eigenvalue weighted by Gasteiger charge is 2.14. The molecule has 0 atom stereocenters. The van der Waals surface area contributed by atoms with E-state index in [4.69, 9.17) is 11.6 Å². The van der Waals surface area contributed by atoms with Gasteiger partial charge < -0.3 is 26.4 Å². The van der Waals surface area contributed by atoms with Crippen molar-refractivity contribution in [3.8, 4) is 11.8 Å². The third kappa shape index (κ3) is 9.12. The van der Waals surface area contributed by atoms with E-state index in [1.165, 1.54) is 0 Å². The van der Waals surface area contributed by atoms with Crippen molar-refractivity contribution in [1.82, 2.24) is 30.4 Å². The molecule has 4 aromatic rings. The molecule has 1 amide bonds. The zero-order valence-electron chi connectivity index (χ0n) is 24.1. The maximum atomic E-state index is 13.0. The summed E-state index contributed by atoms with van der Waals surface area (Å²) in [6, 6.07) is 10.9. The molecule has 0 aliphatic rings. The molecule has 218 valence electrons. The van der Waals surface area contributed by atoms with Gasteiger partial charge in [0.05, 0.1) is 29.6 Å². The number of aliphatic hydroxyl groups is 1. The van der Waals surface area contributed by atoms with Crippen LogP contribution in [-0.4, -0.2) is 56.5 Å². The second-order valence-corrected chi connectivity index (χ2v) is 10.9. The zero-order valence-corrected chi connectivity index (χ0v) is 24.9. The van der Waals surface area contributed by atoms with Crippen LogP contribution in [0, 0.1) is 18.8 Å². The number of hydrogen-bond acceptors (Lipinski definition) is 8. The highest BCUT2D eigenvalue weighted by molar-refractivity contribution is 6.31. The van der Waals surface area contributed by atoms with E-state index < -0.39 is 5.60 Å². The number of carbonyl (C=O) groups is 1. The Balaban J connectivity index is 1.38. The molecule has 2 aromatic heterocycles. The Bertz CT molecular complexity index is 1580. The number of anilines is 3. The Labute approximate surface area is 250 Å². The molecular formula is C31H35ClN8O2. The predicted octanol–water partition coefficient (Wildman–Crippen LogP) is 4.11. The summed E-state index contributed by atoms with van der Waals surface area (Å²) in [6.45, 7) is 8.10. The summed E-state index contributed by atoms with van der Waals surface area (Å²) in [5.74, 6) is 6.35. The average molecular weight is 587 g/mol. The fourth-order valence-corrected chi connectivity index (χ4v) is 4.19. The third-order valence-electron chi connectivity index (χ3n) is 6.11. The Morgan fingerprint density at radius 2 is 1.83 bits per heavy atom. The van der Waals surface area contributed by atoms with Gasteiger partial charge in [0.15, 0.2) is 0 Å². The molecule has 10 nitrogen and oxygen atoms in total. The molecule has 0 aliphatic heterocycles. The number of nitrogens with zero attached hydrogens (tertiary/aromatic N) is 4. The summed E-state index contributed by atoms with van der Waals surface area (Å²) in [6.07, 6.45) is 6.66. The van der Waals surface area contributed by atoms with Crippen LogP contribution in [0.2, 0.25) is 5.02 Å². The van der Waals surface area contributed by atoms with E-state index in [1.54, 1.807) is 61.5 Å². The summed E-state index contributed by atoms with van der Waals surface area (Å²) in [7, 11) is 1.91. The van der Waals surface area contributed by atoms with Gasteiger partial charge in [0.1, 0.15) is 0 Å². The molecule has 4 rings (SSSR count). The smallest absolute Gasteiger partial charge is 0.255 e. The maximum Gasteiger partial charge on any atom is 0.255 e. The first kappa shape index (κ1) is 30.7. The monoisotopic (exact) mass is 586 g/mol. The first-order valence-electron chi connectivity index (χ1n) is 13.5. The average Bonchev–Trinajstić information content (AvgIpc) is 3.37. The van der Waals surface area contributed by atoms with Crippen LogP contribution in [0.25, 0.3) is 0 Å². The number of carbonyl (C=O) groups excluding carboxylic acids is 1. The van der Waals surface area contributed by atoms with E-state index >= 15 is 0 Å². The minimum absolute atomic E-state index is 0.251. The highest BCUT2D eigenvalue weighted by atomic mass is 35.5. The van der Waals surface area contributed by atoms with Gasteiger partial charge in [-0.1, -0.05) is 35.6 Å². The Morgan fingerprint density at radius 3 is 2.55 bits per heavy atom. The largest absolute Gasteiger partial charge is 0.389 e. The molecule has 2 aromatic carbocycles. The van der Waals surface area contributed by atoms with Crippen molar-refractivity contribution in [3.63, 3.8) is 0 Å². The molecule has 0 saturated carbocycles. The maximum absolute atomic E-state index is 13.0. The highest BCUT2D eigenvalue weighted by Crippen LogP contribution is 2.22. The normalized spacial score (nSPS) is 11.1. The summed E-state index contributed by atoms with van der Waals surface area (Å²) in [4.78, 5) is 21.6.